The molecule has 0 N–H and O–H groups in total. The summed E-state index contributed by atoms with van der Waals surface area (Å²) in [4.78, 5) is 6.98. The summed E-state index contributed by atoms with van der Waals surface area (Å²) in [5, 5.41) is 4.62. The van der Waals surface area contributed by atoms with Crippen LogP contribution < -0.4 is 0 Å². The van der Waals surface area contributed by atoms with Crippen LogP contribution in [0, 0.1) is 10.6 Å². The van der Waals surface area contributed by atoms with Gasteiger partial charge in [0.1, 0.15) is 11.3 Å². The molecule has 3 heterocycles. The van der Waals surface area contributed by atoms with Gasteiger partial charge < -0.3 is 8.98 Å². The lowest BCUT2D eigenvalue weighted by molar-refractivity contribution is 0.147. The molecule has 0 bridgehead atoms. The highest BCUT2D eigenvalue weighted by Gasteiger charge is 2.26. The molecule has 0 radical (unpaired) electrons. The van der Waals surface area contributed by atoms with Crippen molar-refractivity contribution in [3.8, 4) is 11.4 Å². The van der Waals surface area contributed by atoms with E-state index in [0.29, 0.717) is 22.8 Å². The number of hydrogen-bond donors (Lipinski definition) is 0. The fourth-order valence-electron chi connectivity index (χ4n) is 4.10. The lowest BCUT2D eigenvalue weighted by Crippen LogP contribution is -2.36. The smallest absolute Gasteiger partial charge is 0.199 e. The summed E-state index contributed by atoms with van der Waals surface area (Å²) < 4.78 is 24.4. The molecule has 1 fully saturated rings. The van der Waals surface area contributed by atoms with Gasteiger partial charge in [-0.2, -0.15) is 5.10 Å². The van der Waals surface area contributed by atoms with Gasteiger partial charge in [-0.25, -0.2) is 14.1 Å². The molecule has 0 aliphatic carbocycles. The van der Waals surface area contributed by atoms with Crippen LogP contribution in [0.25, 0.3) is 22.5 Å². The van der Waals surface area contributed by atoms with Crippen LogP contribution in [0.5, 0.6) is 0 Å². The van der Waals surface area contributed by atoms with E-state index in [4.69, 9.17) is 16.6 Å². The van der Waals surface area contributed by atoms with Gasteiger partial charge in [-0.3, -0.25) is 4.90 Å². The van der Waals surface area contributed by atoms with Crippen molar-refractivity contribution in [1.29, 1.82) is 0 Å². The monoisotopic (exact) mass is 423 g/mol. The summed E-state index contributed by atoms with van der Waals surface area (Å²) in [6, 6.07) is 14.5. The molecule has 154 valence electrons. The molecule has 1 aliphatic heterocycles. The minimum Gasteiger partial charge on any atom is -0.440 e. The quantitative estimate of drug-likeness (QED) is 0.444. The largest absolute Gasteiger partial charge is 0.440 e. The summed E-state index contributed by atoms with van der Waals surface area (Å²) in [6.45, 7) is 2.32. The highest BCUT2D eigenvalue weighted by atomic mass is 32.1. The number of oxazole rings is 1. The number of nitrogens with zero attached hydrogens (tertiary/aromatic N) is 5. The molecule has 2 aromatic heterocycles. The molecular weight excluding hydrogens is 401 g/mol. The van der Waals surface area contributed by atoms with Gasteiger partial charge in [0, 0.05) is 19.5 Å². The molecule has 5 rings (SSSR count). The summed E-state index contributed by atoms with van der Waals surface area (Å²) in [7, 11) is 1.82. The number of piperidine rings is 1. The van der Waals surface area contributed by atoms with Crippen LogP contribution in [0.15, 0.2) is 52.9 Å². The zero-order chi connectivity index (χ0) is 20.7. The Morgan fingerprint density at radius 2 is 1.97 bits per heavy atom. The lowest BCUT2D eigenvalue weighted by Gasteiger charge is -2.30. The summed E-state index contributed by atoms with van der Waals surface area (Å²) in [5.74, 6) is 1.25. The van der Waals surface area contributed by atoms with Gasteiger partial charge in [-0.1, -0.05) is 24.3 Å². The fraction of sp³-hybridized carbons (Fsp3) is 0.318. The van der Waals surface area contributed by atoms with E-state index in [9.17, 15) is 4.39 Å². The van der Waals surface area contributed by atoms with Crippen LogP contribution in [0.4, 0.5) is 4.39 Å². The molecule has 0 spiro atoms. The Morgan fingerprint density at radius 1 is 1.17 bits per heavy atom. The van der Waals surface area contributed by atoms with E-state index in [0.717, 1.165) is 42.9 Å². The maximum atomic E-state index is 14.3. The van der Waals surface area contributed by atoms with Crippen molar-refractivity contribution in [3.05, 3.63) is 65.0 Å². The van der Waals surface area contributed by atoms with Crippen molar-refractivity contribution < 1.29 is 8.81 Å². The highest BCUT2D eigenvalue weighted by molar-refractivity contribution is 7.71. The molecule has 2 aromatic carbocycles. The van der Waals surface area contributed by atoms with Crippen LogP contribution in [0.2, 0.25) is 0 Å². The molecule has 1 saturated heterocycles. The van der Waals surface area contributed by atoms with E-state index >= 15 is 0 Å². The molecule has 0 amide bonds. The number of rotatable bonds is 4. The second-order valence-electron chi connectivity index (χ2n) is 7.72. The SMILES string of the molecule is Cn1c(-c2ccccc2F)nn(CN2CCC[C@H](c3nc4ccccc4o3)C2)c1=S. The molecule has 1 aliphatic rings. The number of fused-ring (bicyclic) bond motifs is 1. The Balaban J connectivity index is 1.37. The third-order valence-corrected chi connectivity index (χ3v) is 6.14. The number of hydrogen-bond acceptors (Lipinski definition) is 5. The van der Waals surface area contributed by atoms with E-state index in [1.54, 1.807) is 27.4 Å². The predicted octanol–water partition coefficient (Wildman–Crippen LogP) is 4.74. The molecule has 6 nitrogen and oxygen atoms in total. The second-order valence-corrected chi connectivity index (χ2v) is 8.09. The van der Waals surface area contributed by atoms with Crippen LogP contribution in [-0.2, 0) is 13.7 Å². The van der Waals surface area contributed by atoms with Crippen LogP contribution in [0.3, 0.4) is 0 Å². The third-order valence-electron chi connectivity index (χ3n) is 5.65. The van der Waals surface area contributed by atoms with Gasteiger partial charge in [-0.05, 0) is 55.9 Å². The Labute approximate surface area is 178 Å². The van der Waals surface area contributed by atoms with Crippen molar-refractivity contribution in [1.82, 2.24) is 24.2 Å². The van der Waals surface area contributed by atoms with Gasteiger partial charge in [0.25, 0.3) is 0 Å². The molecule has 0 saturated carbocycles. The fourth-order valence-corrected chi connectivity index (χ4v) is 4.28. The van der Waals surface area contributed by atoms with Crippen molar-refractivity contribution in [2.45, 2.75) is 25.4 Å². The van der Waals surface area contributed by atoms with E-state index in [1.807, 2.05) is 31.3 Å². The second kappa shape index (κ2) is 7.77. The first kappa shape index (κ1) is 19.1. The summed E-state index contributed by atoms with van der Waals surface area (Å²) >= 11 is 5.58. The van der Waals surface area contributed by atoms with Crippen molar-refractivity contribution in [2.24, 2.45) is 7.05 Å². The first-order chi connectivity index (χ1) is 14.6. The third kappa shape index (κ3) is 3.46. The normalized spacial score (nSPS) is 17.6. The van der Waals surface area contributed by atoms with Gasteiger partial charge in [0.05, 0.1) is 12.2 Å². The van der Waals surface area contributed by atoms with E-state index in [1.165, 1.54) is 6.07 Å². The summed E-state index contributed by atoms with van der Waals surface area (Å²) in [5.41, 5.74) is 2.17. The van der Waals surface area contributed by atoms with Gasteiger partial charge >= 0.3 is 0 Å². The zero-order valence-electron chi connectivity index (χ0n) is 16.7. The van der Waals surface area contributed by atoms with Crippen molar-refractivity contribution in [3.63, 3.8) is 0 Å². The average Bonchev–Trinajstić information content (AvgIpc) is 3.31. The molecule has 1 atom stereocenters. The Hall–Kier alpha value is -2.84. The van der Waals surface area contributed by atoms with Gasteiger partial charge in [-0.15, -0.1) is 0 Å². The predicted molar refractivity (Wildman–Crippen MR) is 115 cm³/mol. The number of halogens is 1. The molecule has 0 unspecified atom stereocenters. The maximum absolute atomic E-state index is 14.3. The number of benzene rings is 2. The molecule has 8 heteroatoms. The number of likely N-dealkylation sites (tertiary alicyclic amines) is 1. The average molecular weight is 424 g/mol. The van der Waals surface area contributed by atoms with Gasteiger partial charge in [0.2, 0.25) is 0 Å². The van der Waals surface area contributed by atoms with Crippen molar-refractivity contribution >= 4 is 23.3 Å². The lowest BCUT2D eigenvalue weighted by atomic mass is 9.98. The zero-order valence-corrected chi connectivity index (χ0v) is 17.5. The maximum Gasteiger partial charge on any atom is 0.199 e. The Morgan fingerprint density at radius 3 is 2.80 bits per heavy atom. The molecular formula is C22H22FN5OS. The number of aromatic nitrogens is 4. The minimum atomic E-state index is -0.304. The van der Waals surface area contributed by atoms with Crippen molar-refractivity contribution in [2.75, 3.05) is 13.1 Å². The topological polar surface area (TPSA) is 52.0 Å². The first-order valence-corrected chi connectivity index (χ1v) is 10.5. The molecule has 30 heavy (non-hydrogen) atoms. The summed E-state index contributed by atoms with van der Waals surface area (Å²) in [6.07, 6.45) is 2.08. The highest BCUT2D eigenvalue weighted by Crippen LogP contribution is 2.29. The standard InChI is InChI=1S/C22H22FN5OS/c1-26-20(16-8-2-3-9-17(16)23)25-28(22(26)30)14-27-12-6-7-15(13-27)21-24-18-10-4-5-11-19(18)29-21/h2-5,8-11,15H,6-7,12-14H2,1H3/t15-/m0/s1. The number of para-hydroxylation sites is 2. The van der Waals surface area contributed by atoms with Crippen LogP contribution in [0.1, 0.15) is 24.7 Å². The minimum absolute atomic E-state index is 0.232. The van der Waals surface area contributed by atoms with Crippen LogP contribution >= 0.6 is 12.2 Å². The van der Waals surface area contributed by atoms with E-state index in [2.05, 4.69) is 15.0 Å². The Bertz CT molecular complexity index is 1230. The van der Waals surface area contributed by atoms with Gasteiger partial charge in [0.15, 0.2) is 22.1 Å². The van der Waals surface area contributed by atoms with E-state index < -0.39 is 0 Å². The molecule has 4 aromatic rings. The van der Waals surface area contributed by atoms with E-state index in [-0.39, 0.29) is 11.7 Å². The van der Waals surface area contributed by atoms with Crippen LogP contribution in [-0.4, -0.2) is 37.3 Å². The Kier molecular flexibility index (Phi) is 4.96. The first-order valence-electron chi connectivity index (χ1n) is 10.1.